The minimum atomic E-state index is -0.519. The Morgan fingerprint density at radius 2 is 1.81 bits per heavy atom. The zero-order chi connectivity index (χ0) is 14.8. The maximum absolute atomic E-state index is 10.5. The molecule has 2 aromatic carbocycles. The highest BCUT2D eigenvalue weighted by Gasteiger charge is 2.16. The third-order valence-electron chi connectivity index (χ3n) is 3.97. The van der Waals surface area contributed by atoms with E-state index in [0.29, 0.717) is 6.42 Å². The first kappa shape index (κ1) is 13.8. The second kappa shape index (κ2) is 5.70. The predicted molar refractivity (Wildman–Crippen MR) is 85.2 cm³/mol. The van der Waals surface area contributed by atoms with Crippen molar-refractivity contribution in [1.29, 1.82) is 0 Å². The Balaban J connectivity index is 1.97. The van der Waals surface area contributed by atoms with Crippen molar-refractivity contribution in [2.75, 3.05) is 0 Å². The van der Waals surface area contributed by atoms with E-state index in [2.05, 4.69) is 24.2 Å². The molecule has 3 heteroatoms. The van der Waals surface area contributed by atoms with E-state index in [-0.39, 0.29) is 0 Å². The van der Waals surface area contributed by atoms with Crippen LogP contribution in [0.25, 0.3) is 10.9 Å². The Labute approximate surface area is 124 Å². The molecule has 1 aromatic heterocycles. The number of aryl methyl sites for hydroxylation is 2. The average Bonchev–Trinajstić information content (AvgIpc) is 2.86. The molecule has 1 atom stereocenters. The molecule has 1 unspecified atom stereocenters. The van der Waals surface area contributed by atoms with Gasteiger partial charge in [0.2, 0.25) is 0 Å². The SMILES string of the molecule is CCn1nc(CC(O)c2ccccc2C)c2ccccc21. The van der Waals surface area contributed by atoms with E-state index in [1.165, 1.54) is 0 Å². The monoisotopic (exact) mass is 280 g/mol. The van der Waals surface area contributed by atoms with Gasteiger partial charge in [-0.3, -0.25) is 4.68 Å². The summed E-state index contributed by atoms with van der Waals surface area (Å²) < 4.78 is 2.00. The number of hydrogen-bond donors (Lipinski definition) is 1. The van der Waals surface area contributed by atoms with Crippen molar-refractivity contribution in [3.63, 3.8) is 0 Å². The normalized spacial score (nSPS) is 12.7. The first-order valence-electron chi connectivity index (χ1n) is 7.38. The molecule has 0 fully saturated rings. The van der Waals surface area contributed by atoms with Gasteiger partial charge < -0.3 is 5.11 Å². The van der Waals surface area contributed by atoms with Crippen molar-refractivity contribution < 1.29 is 5.11 Å². The molecule has 3 rings (SSSR count). The number of aliphatic hydroxyl groups is 1. The summed E-state index contributed by atoms with van der Waals surface area (Å²) in [6, 6.07) is 16.2. The van der Waals surface area contributed by atoms with Gasteiger partial charge in [-0.05, 0) is 31.0 Å². The van der Waals surface area contributed by atoms with Crippen molar-refractivity contribution in [2.24, 2.45) is 0 Å². The summed E-state index contributed by atoms with van der Waals surface area (Å²) in [5.41, 5.74) is 4.19. The minimum absolute atomic E-state index is 0.519. The molecule has 108 valence electrons. The van der Waals surface area contributed by atoms with Crippen LogP contribution < -0.4 is 0 Å². The summed E-state index contributed by atoms with van der Waals surface area (Å²) >= 11 is 0. The molecular weight excluding hydrogens is 260 g/mol. The molecule has 0 amide bonds. The fraction of sp³-hybridized carbons (Fsp3) is 0.278. The lowest BCUT2D eigenvalue weighted by atomic mass is 9.99. The molecule has 0 aliphatic rings. The first-order valence-corrected chi connectivity index (χ1v) is 7.38. The van der Waals surface area contributed by atoms with E-state index < -0.39 is 6.10 Å². The standard InChI is InChI=1S/C18H20N2O/c1-3-20-17-11-7-6-10-15(17)16(19-20)12-18(21)14-9-5-4-8-13(14)2/h4-11,18,21H,3,12H2,1-2H3. The number of aliphatic hydroxyl groups excluding tert-OH is 1. The summed E-state index contributed by atoms with van der Waals surface area (Å²) in [5, 5.41) is 16.3. The van der Waals surface area contributed by atoms with Gasteiger partial charge in [0, 0.05) is 18.4 Å². The predicted octanol–water partition coefficient (Wildman–Crippen LogP) is 3.64. The second-order valence-corrected chi connectivity index (χ2v) is 5.36. The third kappa shape index (κ3) is 2.57. The van der Waals surface area contributed by atoms with E-state index in [4.69, 9.17) is 0 Å². The third-order valence-corrected chi connectivity index (χ3v) is 3.97. The molecular formula is C18H20N2O. The fourth-order valence-corrected chi connectivity index (χ4v) is 2.84. The van der Waals surface area contributed by atoms with Crippen molar-refractivity contribution in [3.05, 3.63) is 65.4 Å². The molecule has 0 saturated carbocycles. The molecule has 0 radical (unpaired) electrons. The van der Waals surface area contributed by atoms with Crippen LogP contribution >= 0.6 is 0 Å². The number of rotatable bonds is 4. The van der Waals surface area contributed by atoms with Crippen LogP contribution in [0.5, 0.6) is 0 Å². The number of benzene rings is 2. The molecule has 0 saturated heterocycles. The van der Waals surface area contributed by atoms with Crippen molar-refractivity contribution in [1.82, 2.24) is 9.78 Å². The number of aromatic nitrogens is 2. The van der Waals surface area contributed by atoms with Crippen LogP contribution in [-0.4, -0.2) is 14.9 Å². The van der Waals surface area contributed by atoms with Gasteiger partial charge in [0.25, 0.3) is 0 Å². The minimum Gasteiger partial charge on any atom is -0.388 e. The fourth-order valence-electron chi connectivity index (χ4n) is 2.84. The van der Waals surface area contributed by atoms with Crippen LogP contribution in [0.2, 0.25) is 0 Å². The van der Waals surface area contributed by atoms with Gasteiger partial charge in [0.15, 0.2) is 0 Å². The lowest BCUT2D eigenvalue weighted by Gasteiger charge is -2.12. The highest BCUT2D eigenvalue weighted by molar-refractivity contribution is 5.82. The van der Waals surface area contributed by atoms with E-state index in [0.717, 1.165) is 34.3 Å². The van der Waals surface area contributed by atoms with Crippen LogP contribution in [0.4, 0.5) is 0 Å². The Morgan fingerprint density at radius 1 is 1.10 bits per heavy atom. The van der Waals surface area contributed by atoms with Gasteiger partial charge >= 0.3 is 0 Å². The van der Waals surface area contributed by atoms with Crippen LogP contribution in [0.15, 0.2) is 48.5 Å². The maximum Gasteiger partial charge on any atom is 0.0848 e. The van der Waals surface area contributed by atoms with Gasteiger partial charge in [-0.15, -0.1) is 0 Å². The second-order valence-electron chi connectivity index (χ2n) is 5.36. The lowest BCUT2D eigenvalue weighted by Crippen LogP contribution is -2.05. The van der Waals surface area contributed by atoms with Gasteiger partial charge in [0.05, 0.1) is 17.3 Å². The summed E-state index contributed by atoms with van der Waals surface area (Å²) in [4.78, 5) is 0. The number of para-hydroxylation sites is 1. The van der Waals surface area contributed by atoms with Crippen LogP contribution in [0, 0.1) is 6.92 Å². The lowest BCUT2D eigenvalue weighted by molar-refractivity contribution is 0.176. The zero-order valence-electron chi connectivity index (χ0n) is 12.5. The van der Waals surface area contributed by atoms with E-state index in [1.54, 1.807) is 0 Å². The smallest absolute Gasteiger partial charge is 0.0848 e. The van der Waals surface area contributed by atoms with Crippen LogP contribution in [0.3, 0.4) is 0 Å². The number of fused-ring (bicyclic) bond motifs is 1. The Hall–Kier alpha value is -2.13. The summed E-state index contributed by atoms with van der Waals surface area (Å²) in [6.45, 7) is 4.95. The molecule has 0 bridgehead atoms. The Kier molecular flexibility index (Phi) is 3.76. The van der Waals surface area contributed by atoms with Crippen LogP contribution in [-0.2, 0) is 13.0 Å². The maximum atomic E-state index is 10.5. The molecule has 0 spiro atoms. The highest BCUT2D eigenvalue weighted by atomic mass is 16.3. The van der Waals surface area contributed by atoms with E-state index in [9.17, 15) is 5.11 Å². The van der Waals surface area contributed by atoms with Crippen molar-refractivity contribution in [2.45, 2.75) is 32.9 Å². The van der Waals surface area contributed by atoms with E-state index >= 15 is 0 Å². The molecule has 3 nitrogen and oxygen atoms in total. The summed E-state index contributed by atoms with van der Waals surface area (Å²) in [7, 11) is 0. The number of hydrogen-bond acceptors (Lipinski definition) is 2. The van der Waals surface area contributed by atoms with Gasteiger partial charge in [-0.1, -0.05) is 42.5 Å². The Morgan fingerprint density at radius 3 is 2.57 bits per heavy atom. The van der Waals surface area contributed by atoms with Gasteiger partial charge in [-0.2, -0.15) is 5.10 Å². The molecule has 1 N–H and O–H groups in total. The molecule has 21 heavy (non-hydrogen) atoms. The average molecular weight is 280 g/mol. The van der Waals surface area contributed by atoms with Crippen molar-refractivity contribution >= 4 is 10.9 Å². The van der Waals surface area contributed by atoms with Gasteiger partial charge in [-0.25, -0.2) is 0 Å². The molecule has 3 aromatic rings. The van der Waals surface area contributed by atoms with Crippen molar-refractivity contribution in [3.8, 4) is 0 Å². The number of nitrogens with zero attached hydrogens (tertiary/aromatic N) is 2. The molecule has 0 aliphatic carbocycles. The van der Waals surface area contributed by atoms with Crippen LogP contribution in [0.1, 0.15) is 29.8 Å². The summed E-state index contributed by atoms with van der Waals surface area (Å²) in [5.74, 6) is 0. The van der Waals surface area contributed by atoms with Gasteiger partial charge in [0.1, 0.15) is 0 Å². The first-order chi connectivity index (χ1) is 10.2. The zero-order valence-corrected chi connectivity index (χ0v) is 12.5. The van der Waals surface area contributed by atoms with E-state index in [1.807, 2.05) is 48.0 Å². The summed E-state index contributed by atoms with van der Waals surface area (Å²) in [6.07, 6.45) is 0.0214. The molecule has 1 heterocycles. The topological polar surface area (TPSA) is 38.0 Å². The Bertz CT molecular complexity index is 761. The highest BCUT2D eigenvalue weighted by Crippen LogP contribution is 2.25. The molecule has 0 aliphatic heterocycles. The largest absolute Gasteiger partial charge is 0.388 e. The quantitative estimate of drug-likeness (QED) is 0.792.